The van der Waals surface area contributed by atoms with Crippen LogP contribution in [0.4, 0.5) is 0 Å². The number of fused-ring (bicyclic) bond motifs is 9. The highest BCUT2D eigenvalue weighted by Crippen LogP contribution is 2.62. The average Bonchev–Trinajstić information content (AvgIpc) is 1.49. The molecule has 3 spiro atoms. The van der Waals surface area contributed by atoms with E-state index >= 15 is 0 Å². The van der Waals surface area contributed by atoms with E-state index < -0.39 is 17.0 Å². The van der Waals surface area contributed by atoms with Crippen LogP contribution >= 0.6 is 0 Å². The van der Waals surface area contributed by atoms with Gasteiger partial charge in [0.2, 0.25) is 33.1 Å². The largest absolute Gasteiger partial charge is 0.456 e. The molecule has 0 saturated carbocycles. The normalized spacial score (nSPS) is 18.4. The Kier molecular flexibility index (Phi) is 8.10. The van der Waals surface area contributed by atoms with Crippen molar-refractivity contribution < 1.29 is 41.6 Å². The Morgan fingerprint density at radius 2 is 0.569 bits per heavy atom. The first-order valence-electron chi connectivity index (χ1n) is 34.8. The summed E-state index contributed by atoms with van der Waals surface area (Å²) in [6.07, 6.45) is 22.8. The fourth-order valence-corrected chi connectivity index (χ4v) is 21.5. The van der Waals surface area contributed by atoms with Gasteiger partial charge in [-0.25, -0.2) is 0 Å². The van der Waals surface area contributed by atoms with Gasteiger partial charge in [0.25, 0.3) is 0 Å². The van der Waals surface area contributed by atoms with Crippen molar-refractivity contribution >= 4 is 163 Å². The van der Waals surface area contributed by atoms with E-state index in [4.69, 9.17) is 29.2 Å². The van der Waals surface area contributed by atoms with Gasteiger partial charge < -0.3 is 14.2 Å². The molecule has 13 heteroatoms. The van der Waals surface area contributed by atoms with E-state index in [1.165, 1.54) is 169 Å². The molecule has 9 aliphatic rings. The third-order valence-corrected chi connectivity index (χ3v) is 24.7. The second kappa shape index (κ2) is 16.3. The summed E-state index contributed by atoms with van der Waals surface area (Å²) in [4.78, 5) is 18.9. The molecule has 0 bridgehead atoms. The van der Waals surface area contributed by atoms with E-state index in [0.717, 1.165) is 61.8 Å². The van der Waals surface area contributed by atoms with E-state index in [-0.39, 0.29) is 0 Å². The van der Waals surface area contributed by atoms with Crippen LogP contribution < -0.4 is 41.6 Å². The fraction of sp³-hybridized carbons (Fsp3) is 0.0337. The van der Waals surface area contributed by atoms with Crippen LogP contribution in [0.25, 0.3) is 163 Å². The van der Waals surface area contributed by atoms with Crippen LogP contribution in [0.15, 0.2) is 268 Å². The molecule has 30 rings (SSSR count). The third-order valence-electron chi connectivity index (χ3n) is 24.7. The SMILES string of the molecule is c1cc2ccc3ccc4c5c3c2[n+](c1)C51c2c(ccc3c5ccncc5c5ccc[n+]1c5c23)O4.c1cc2ccc3ccc4c5c3c2[n+](c1)C51c2c(ccc3c5nccnc5c5ccc[n+]1c5c23)O4.c1cnc2c(c1)c1ccc3c4c1c1c2ccc[n+]1C41c2c(ccc4ccc5ccc[n+]1c5c24)O3. The lowest BCUT2D eigenvalue weighted by Gasteiger charge is -2.26. The predicted octanol–water partition coefficient (Wildman–Crippen LogP) is 15.8. The van der Waals surface area contributed by atoms with Crippen molar-refractivity contribution in [2.75, 3.05) is 0 Å². The summed E-state index contributed by atoms with van der Waals surface area (Å²) >= 11 is 0. The number of rotatable bonds is 0. The molecule has 0 saturated heterocycles. The molecule has 3 unspecified atom stereocenters. The third kappa shape index (κ3) is 5.05. The van der Waals surface area contributed by atoms with Crippen molar-refractivity contribution in [2.24, 2.45) is 0 Å². The van der Waals surface area contributed by atoms with Crippen molar-refractivity contribution in [3.63, 3.8) is 0 Å². The maximum atomic E-state index is 6.68. The molecule has 9 aliphatic heterocycles. The lowest BCUT2D eigenvalue weighted by Crippen LogP contribution is -2.72. The molecule has 3 atom stereocenters. The highest BCUT2D eigenvalue weighted by molar-refractivity contribution is 6.28. The van der Waals surface area contributed by atoms with Gasteiger partial charge in [0.05, 0.1) is 59.5 Å². The Balaban J connectivity index is 0.0000000844. The van der Waals surface area contributed by atoms with Gasteiger partial charge in [-0.05, 0) is 154 Å². The molecule has 462 valence electrons. The van der Waals surface area contributed by atoms with Crippen LogP contribution in [0.5, 0.6) is 34.5 Å². The van der Waals surface area contributed by atoms with Crippen LogP contribution in [0.2, 0.25) is 0 Å². The Bertz CT molecular complexity index is 7240. The summed E-state index contributed by atoms with van der Waals surface area (Å²) in [5, 5.41) is 25.8. The monoisotopic (exact) mass is 1300 g/mol. The average molecular weight is 1300 g/mol. The number of benzene rings is 12. The van der Waals surface area contributed by atoms with Gasteiger partial charge in [-0.1, -0.05) is 42.5 Å². The highest BCUT2D eigenvalue weighted by atomic mass is 16.5. The molecule has 12 aromatic carbocycles. The number of pyridine rings is 8. The summed E-state index contributed by atoms with van der Waals surface area (Å²) in [5.74, 6) is 5.59. The van der Waals surface area contributed by atoms with Crippen LogP contribution in [0.3, 0.4) is 0 Å². The molecule has 18 heterocycles. The molecule has 0 aliphatic carbocycles. The quantitative estimate of drug-likeness (QED) is 0.110. The predicted molar refractivity (Wildman–Crippen MR) is 389 cm³/mol. The summed E-state index contributed by atoms with van der Waals surface area (Å²) < 4.78 is 34.9. The van der Waals surface area contributed by atoms with Crippen LogP contribution in [0, 0.1) is 0 Å². The topological polar surface area (TPSA) is 103 Å². The minimum atomic E-state index is -0.551. The number of hydrogen-bond donors (Lipinski definition) is 0. The van der Waals surface area contributed by atoms with E-state index in [0.29, 0.717) is 0 Å². The number of aromatic nitrogens is 10. The van der Waals surface area contributed by atoms with Gasteiger partial charge in [-0.15, -0.1) is 27.4 Å². The van der Waals surface area contributed by atoms with E-state index in [2.05, 4.69) is 264 Å². The lowest BCUT2D eigenvalue weighted by molar-refractivity contribution is -0.945. The number of ether oxygens (including phenoxy) is 3. The van der Waals surface area contributed by atoms with Crippen LogP contribution in [-0.2, 0) is 17.0 Å². The minimum absolute atomic E-state index is 0.516. The summed E-state index contributed by atoms with van der Waals surface area (Å²) in [7, 11) is 0. The first kappa shape index (κ1) is 50.6. The molecule has 102 heavy (non-hydrogen) atoms. The standard InChI is InChI=1S/2C30H15N3O.C29H14N4O/c1-5-19-18-10-12-22-26-24(18)29-20(27(19)31-13-1)6-3-15-33(29)30(26)25-21(34-22)11-9-16-7-8-17-4-2-14-32(30)28(17)23(16)25;1-3-17-6-5-16-7-9-22-26-24(16)28(17)32(13-1)30(26)27-23(34-22)10-8-19-18-11-12-31-15-21(18)20-4-2-14-33(30)29(20)25(19)27;1-3-16-6-5-15-7-9-19-23-21(15)27(16)32(13-1)29(23)24-20(34-19)10-8-17-22(24)28-18(4-2-14-33(28)29)26-25(17)30-11-12-31-26/h2*1-15H;1-14H/q3*+2. The second-order valence-corrected chi connectivity index (χ2v) is 28.7. The van der Waals surface area contributed by atoms with Crippen LogP contribution in [-0.4, -0.2) is 19.9 Å². The van der Waals surface area contributed by atoms with Crippen molar-refractivity contribution in [1.82, 2.24) is 19.9 Å². The molecule has 9 aromatic heterocycles. The van der Waals surface area contributed by atoms with Gasteiger partial charge in [0.1, 0.15) is 40.0 Å². The zero-order valence-corrected chi connectivity index (χ0v) is 53.6. The first-order valence-corrected chi connectivity index (χ1v) is 34.8. The first-order chi connectivity index (χ1) is 50.6. The maximum absolute atomic E-state index is 6.68. The van der Waals surface area contributed by atoms with Gasteiger partial charge in [-0.2, -0.15) is 0 Å². The molecule has 0 amide bonds. The fourth-order valence-electron chi connectivity index (χ4n) is 21.5. The second-order valence-electron chi connectivity index (χ2n) is 28.7. The Hall–Kier alpha value is -13.8. The van der Waals surface area contributed by atoms with Crippen molar-refractivity contribution in [1.29, 1.82) is 0 Å². The van der Waals surface area contributed by atoms with Gasteiger partial charge in [0.15, 0.2) is 70.6 Å². The van der Waals surface area contributed by atoms with E-state index in [9.17, 15) is 0 Å². The molecular weight excluding hydrogens is 1260 g/mol. The van der Waals surface area contributed by atoms with Crippen molar-refractivity contribution in [3.05, 3.63) is 302 Å². The smallest absolute Gasteiger partial charge is 0.425 e. The van der Waals surface area contributed by atoms with E-state index in [1.807, 2.05) is 24.7 Å². The van der Waals surface area contributed by atoms with E-state index in [1.54, 1.807) is 12.4 Å². The molecule has 0 radical (unpaired) electrons. The summed E-state index contributed by atoms with van der Waals surface area (Å²) in [6.45, 7) is 0. The molecular formula is C89H44N10O3+6. The number of hydrogen-bond acceptors (Lipinski definition) is 7. The Morgan fingerprint density at radius 3 is 1.06 bits per heavy atom. The summed E-state index contributed by atoms with van der Waals surface area (Å²) in [5.41, 5.74) is 16.2. The van der Waals surface area contributed by atoms with Crippen molar-refractivity contribution in [2.45, 2.75) is 17.0 Å². The lowest BCUT2D eigenvalue weighted by atomic mass is 9.85. The highest BCUT2D eigenvalue weighted by Gasteiger charge is 2.73. The molecule has 0 N–H and O–H groups in total. The van der Waals surface area contributed by atoms with Crippen molar-refractivity contribution in [3.8, 4) is 34.5 Å². The summed E-state index contributed by atoms with van der Waals surface area (Å²) in [6, 6.07) is 72.1. The van der Waals surface area contributed by atoms with Crippen LogP contribution in [0.1, 0.15) is 33.4 Å². The number of nitrogens with zero attached hydrogens (tertiary/aromatic N) is 10. The maximum Gasteiger partial charge on any atom is 0.425 e. The zero-order chi connectivity index (χ0) is 65.3. The molecule has 21 aromatic rings. The van der Waals surface area contributed by atoms with Gasteiger partial charge in [0, 0.05) is 99.7 Å². The minimum Gasteiger partial charge on any atom is -0.456 e. The zero-order valence-electron chi connectivity index (χ0n) is 53.6. The Labute approximate surface area is 574 Å². The van der Waals surface area contributed by atoms with Gasteiger partial charge in [-0.3, -0.25) is 19.9 Å². The molecule has 0 fully saturated rings. The van der Waals surface area contributed by atoms with Gasteiger partial charge >= 0.3 is 17.0 Å². The Morgan fingerprint density at radius 1 is 0.225 bits per heavy atom. The molecule has 13 nitrogen and oxygen atoms in total.